The van der Waals surface area contributed by atoms with Crippen LogP contribution in [0.25, 0.3) is 0 Å². The van der Waals surface area contributed by atoms with E-state index in [1.165, 1.54) is 5.82 Å². The largest absolute Gasteiger partial charge is 0.335 e. The Hall–Kier alpha value is -0.480. The van der Waals surface area contributed by atoms with E-state index in [2.05, 4.69) is 48.8 Å². The molecule has 3 nitrogen and oxygen atoms in total. The Bertz CT molecular complexity index is 341. The van der Waals surface area contributed by atoms with Crippen LogP contribution >= 0.6 is 11.8 Å². The van der Waals surface area contributed by atoms with Crippen LogP contribution in [-0.4, -0.2) is 33.1 Å². The molecule has 0 bridgehead atoms. The summed E-state index contributed by atoms with van der Waals surface area (Å²) >= 11 is 2.01. The minimum absolute atomic E-state index is 0.327. The zero-order valence-corrected chi connectivity index (χ0v) is 13.2. The third kappa shape index (κ3) is 5.44. The SMILES string of the molecule is CCCn1ccnc1CC(CSC(C)(C)C)NC. The van der Waals surface area contributed by atoms with Crippen molar-refractivity contribution in [3.8, 4) is 0 Å². The Morgan fingerprint density at radius 2 is 2.17 bits per heavy atom. The van der Waals surface area contributed by atoms with E-state index in [9.17, 15) is 0 Å². The van der Waals surface area contributed by atoms with Gasteiger partial charge in [-0.3, -0.25) is 0 Å². The predicted octanol–water partition coefficient (Wildman–Crippen LogP) is 2.96. The van der Waals surface area contributed by atoms with Crippen molar-refractivity contribution >= 4 is 11.8 Å². The highest BCUT2D eigenvalue weighted by atomic mass is 32.2. The third-order valence-electron chi connectivity index (χ3n) is 2.82. The number of nitrogens with one attached hydrogen (secondary N) is 1. The molecule has 0 saturated carbocycles. The zero-order chi connectivity index (χ0) is 13.6. The maximum absolute atomic E-state index is 4.48. The quantitative estimate of drug-likeness (QED) is 0.825. The lowest BCUT2D eigenvalue weighted by molar-refractivity contribution is 0.558. The molecule has 1 atom stereocenters. The number of rotatable bonds is 7. The molecule has 104 valence electrons. The summed E-state index contributed by atoms with van der Waals surface area (Å²) in [6, 6.07) is 0.493. The number of hydrogen-bond donors (Lipinski definition) is 1. The minimum Gasteiger partial charge on any atom is -0.335 e. The van der Waals surface area contributed by atoms with E-state index in [4.69, 9.17) is 0 Å². The van der Waals surface area contributed by atoms with Crippen LogP contribution in [0.3, 0.4) is 0 Å². The summed E-state index contributed by atoms with van der Waals surface area (Å²) in [6.07, 6.45) is 6.16. The lowest BCUT2D eigenvalue weighted by atomic mass is 10.2. The smallest absolute Gasteiger partial charge is 0.110 e. The molecule has 0 aliphatic rings. The van der Waals surface area contributed by atoms with E-state index in [-0.39, 0.29) is 0 Å². The average Bonchev–Trinajstić information content (AvgIpc) is 2.71. The van der Waals surface area contributed by atoms with Crippen LogP contribution in [0.4, 0.5) is 0 Å². The summed E-state index contributed by atoms with van der Waals surface area (Å²) in [5, 5.41) is 3.41. The molecule has 0 amide bonds. The van der Waals surface area contributed by atoms with Gasteiger partial charge in [-0.1, -0.05) is 27.7 Å². The number of nitrogens with zero attached hydrogens (tertiary/aromatic N) is 2. The second-order valence-electron chi connectivity index (χ2n) is 5.65. The standard InChI is InChI=1S/C14H27N3S/c1-6-8-17-9-7-16-13(17)10-12(15-5)11-18-14(2,3)4/h7,9,12,15H,6,8,10-11H2,1-5H3. The van der Waals surface area contributed by atoms with Crippen molar-refractivity contribution in [2.24, 2.45) is 0 Å². The molecule has 1 aromatic rings. The monoisotopic (exact) mass is 269 g/mol. The van der Waals surface area contributed by atoms with E-state index in [0.717, 1.165) is 25.1 Å². The molecule has 0 aliphatic carbocycles. The van der Waals surface area contributed by atoms with Crippen LogP contribution in [0.1, 0.15) is 39.9 Å². The van der Waals surface area contributed by atoms with Crippen molar-refractivity contribution in [2.75, 3.05) is 12.8 Å². The van der Waals surface area contributed by atoms with Crippen molar-refractivity contribution in [1.29, 1.82) is 0 Å². The van der Waals surface area contributed by atoms with Gasteiger partial charge >= 0.3 is 0 Å². The van der Waals surface area contributed by atoms with Crippen molar-refractivity contribution in [3.63, 3.8) is 0 Å². The van der Waals surface area contributed by atoms with E-state index in [1.807, 2.05) is 25.0 Å². The number of aromatic nitrogens is 2. The maximum atomic E-state index is 4.48. The first-order chi connectivity index (χ1) is 8.46. The first-order valence-corrected chi connectivity index (χ1v) is 7.76. The predicted molar refractivity (Wildman–Crippen MR) is 81.3 cm³/mol. The lowest BCUT2D eigenvalue weighted by Crippen LogP contribution is -2.32. The van der Waals surface area contributed by atoms with Crippen molar-refractivity contribution in [1.82, 2.24) is 14.9 Å². The molecular formula is C14H27N3S. The van der Waals surface area contributed by atoms with E-state index >= 15 is 0 Å². The number of likely N-dealkylation sites (N-methyl/N-ethyl adjacent to an activating group) is 1. The summed E-state index contributed by atoms with van der Waals surface area (Å²) in [7, 11) is 2.04. The molecule has 0 aromatic carbocycles. The first-order valence-electron chi connectivity index (χ1n) is 6.77. The van der Waals surface area contributed by atoms with Gasteiger partial charge in [-0.05, 0) is 13.5 Å². The third-order valence-corrected chi connectivity index (χ3v) is 4.26. The van der Waals surface area contributed by atoms with Gasteiger partial charge in [0, 0.05) is 41.9 Å². The van der Waals surface area contributed by atoms with Gasteiger partial charge in [0.25, 0.3) is 0 Å². The summed E-state index contributed by atoms with van der Waals surface area (Å²) in [5.74, 6) is 2.32. The van der Waals surface area contributed by atoms with Gasteiger partial charge in [0.15, 0.2) is 0 Å². The van der Waals surface area contributed by atoms with Crippen LogP contribution in [0.15, 0.2) is 12.4 Å². The van der Waals surface area contributed by atoms with Crippen LogP contribution in [0, 0.1) is 0 Å². The fraction of sp³-hybridized carbons (Fsp3) is 0.786. The van der Waals surface area contributed by atoms with Gasteiger partial charge in [0.1, 0.15) is 5.82 Å². The number of hydrogen-bond acceptors (Lipinski definition) is 3. The van der Waals surface area contributed by atoms with Crippen molar-refractivity contribution < 1.29 is 0 Å². The molecule has 1 rings (SSSR count). The summed E-state index contributed by atoms with van der Waals surface area (Å²) < 4.78 is 2.60. The van der Waals surface area contributed by atoms with Crippen molar-refractivity contribution in [3.05, 3.63) is 18.2 Å². The van der Waals surface area contributed by atoms with Crippen LogP contribution in [-0.2, 0) is 13.0 Å². The maximum Gasteiger partial charge on any atom is 0.110 e. The van der Waals surface area contributed by atoms with E-state index in [0.29, 0.717) is 10.8 Å². The molecule has 0 spiro atoms. The van der Waals surface area contributed by atoms with Crippen LogP contribution < -0.4 is 5.32 Å². The molecule has 18 heavy (non-hydrogen) atoms. The number of thioether (sulfide) groups is 1. The summed E-state index contributed by atoms with van der Waals surface area (Å²) in [5.41, 5.74) is 0. The normalized spacial score (nSPS) is 13.8. The van der Waals surface area contributed by atoms with Crippen molar-refractivity contribution in [2.45, 2.75) is 57.9 Å². The molecule has 4 heteroatoms. The van der Waals surface area contributed by atoms with Gasteiger partial charge in [-0.2, -0.15) is 11.8 Å². The first kappa shape index (κ1) is 15.6. The fourth-order valence-electron chi connectivity index (χ4n) is 1.79. The molecule has 1 heterocycles. The molecule has 0 radical (unpaired) electrons. The summed E-state index contributed by atoms with van der Waals surface area (Å²) in [6.45, 7) is 10.1. The van der Waals surface area contributed by atoms with Crippen LogP contribution in [0.2, 0.25) is 0 Å². The Kier molecular flexibility index (Phi) is 6.22. The van der Waals surface area contributed by atoms with E-state index < -0.39 is 0 Å². The molecule has 1 unspecified atom stereocenters. The number of aryl methyl sites for hydroxylation is 1. The van der Waals surface area contributed by atoms with Gasteiger partial charge in [-0.25, -0.2) is 4.98 Å². The van der Waals surface area contributed by atoms with Gasteiger partial charge in [0.05, 0.1) is 0 Å². The average molecular weight is 269 g/mol. The fourth-order valence-corrected chi connectivity index (χ4v) is 2.78. The summed E-state index contributed by atoms with van der Waals surface area (Å²) in [4.78, 5) is 4.48. The second kappa shape index (κ2) is 7.19. The topological polar surface area (TPSA) is 29.9 Å². The second-order valence-corrected chi connectivity index (χ2v) is 7.50. The molecular weight excluding hydrogens is 242 g/mol. The number of imidazole rings is 1. The van der Waals surface area contributed by atoms with Gasteiger partial charge < -0.3 is 9.88 Å². The van der Waals surface area contributed by atoms with Crippen LogP contribution in [0.5, 0.6) is 0 Å². The minimum atomic E-state index is 0.327. The molecule has 0 saturated heterocycles. The highest BCUT2D eigenvalue weighted by Crippen LogP contribution is 2.24. The highest BCUT2D eigenvalue weighted by Gasteiger charge is 2.16. The Morgan fingerprint density at radius 1 is 1.44 bits per heavy atom. The highest BCUT2D eigenvalue weighted by molar-refractivity contribution is 8.00. The van der Waals surface area contributed by atoms with Gasteiger partial charge in [-0.15, -0.1) is 0 Å². The Morgan fingerprint density at radius 3 is 2.72 bits per heavy atom. The molecule has 0 fully saturated rings. The van der Waals surface area contributed by atoms with E-state index in [1.54, 1.807) is 0 Å². The lowest BCUT2D eigenvalue weighted by Gasteiger charge is -2.22. The van der Waals surface area contributed by atoms with Gasteiger partial charge in [0.2, 0.25) is 0 Å². The molecule has 1 aromatic heterocycles. The molecule has 1 N–H and O–H groups in total. The molecule has 0 aliphatic heterocycles. The zero-order valence-electron chi connectivity index (χ0n) is 12.4. The Balaban J connectivity index is 2.54. The Labute approximate surface area is 116 Å².